The number of piperidine rings is 1. The number of halogens is 3. The normalized spacial score (nSPS) is 25.6. The topological polar surface area (TPSA) is 55.8 Å². The fourth-order valence-electron chi connectivity index (χ4n) is 2.91. The van der Waals surface area contributed by atoms with Crippen LogP contribution >= 0.6 is 0 Å². The largest absolute Gasteiger partial charge is 0.418 e. The first-order valence-corrected chi connectivity index (χ1v) is 7.26. The molecule has 2 fully saturated rings. The van der Waals surface area contributed by atoms with Crippen molar-refractivity contribution in [3.05, 3.63) is 0 Å². The quantitative estimate of drug-likeness (QED) is 0.823. The maximum Gasteiger partial charge on any atom is 0.418 e. The molecule has 0 radical (unpaired) electrons. The maximum atomic E-state index is 12.7. The van der Waals surface area contributed by atoms with Gasteiger partial charge in [0.25, 0.3) is 0 Å². The van der Waals surface area contributed by atoms with E-state index in [4.69, 9.17) is 0 Å². The molecular weight excluding hydrogens is 287 g/mol. The van der Waals surface area contributed by atoms with Crippen molar-refractivity contribution in [2.45, 2.75) is 44.0 Å². The average molecular weight is 309 g/mol. The minimum absolute atomic E-state index is 0.0809. The Morgan fingerprint density at radius 3 is 2.43 bits per heavy atom. The zero-order valence-corrected chi connectivity index (χ0v) is 12.1. The predicted molar refractivity (Wildman–Crippen MR) is 70.9 cm³/mol. The minimum Gasteiger partial charge on any atom is -0.380 e. The zero-order chi connectivity index (χ0) is 15.7. The number of urea groups is 1. The van der Waals surface area contributed by atoms with Crippen molar-refractivity contribution < 1.29 is 23.1 Å². The summed E-state index contributed by atoms with van der Waals surface area (Å²) >= 11 is 0. The molecule has 1 atom stereocenters. The summed E-state index contributed by atoms with van der Waals surface area (Å²) in [4.78, 5) is 15.1. The lowest BCUT2D eigenvalue weighted by atomic mass is 9.99. The number of likely N-dealkylation sites (tertiary alicyclic amines) is 1. The van der Waals surface area contributed by atoms with Gasteiger partial charge in [0.05, 0.1) is 0 Å². The van der Waals surface area contributed by atoms with Crippen molar-refractivity contribution in [2.75, 3.05) is 32.7 Å². The molecule has 5 nitrogen and oxygen atoms in total. The zero-order valence-electron chi connectivity index (χ0n) is 12.1. The van der Waals surface area contributed by atoms with Crippen LogP contribution < -0.4 is 5.32 Å². The lowest BCUT2D eigenvalue weighted by Gasteiger charge is -2.42. The monoisotopic (exact) mass is 309 g/mol. The van der Waals surface area contributed by atoms with Crippen LogP contribution in [0.1, 0.15) is 26.2 Å². The van der Waals surface area contributed by atoms with Crippen LogP contribution in [0.15, 0.2) is 0 Å². The summed E-state index contributed by atoms with van der Waals surface area (Å²) in [5, 5.41) is 12.3. The number of hydrogen-bond acceptors (Lipinski definition) is 3. The van der Waals surface area contributed by atoms with Crippen LogP contribution in [0.25, 0.3) is 0 Å². The highest BCUT2D eigenvalue weighted by molar-refractivity contribution is 5.75. The van der Waals surface area contributed by atoms with Gasteiger partial charge in [-0.3, -0.25) is 4.90 Å². The molecule has 0 aromatic carbocycles. The summed E-state index contributed by atoms with van der Waals surface area (Å²) in [6, 6.07) is -0.000580. The second-order valence-corrected chi connectivity index (χ2v) is 6.06. The molecule has 2 N–H and O–H groups in total. The van der Waals surface area contributed by atoms with Gasteiger partial charge in [0.2, 0.25) is 0 Å². The van der Waals surface area contributed by atoms with E-state index in [1.165, 1.54) is 0 Å². The Hall–Kier alpha value is -1.02. The van der Waals surface area contributed by atoms with Crippen molar-refractivity contribution >= 4 is 6.03 Å². The molecule has 0 saturated carbocycles. The molecule has 0 aromatic heterocycles. The van der Waals surface area contributed by atoms with Crippen LogP contribution in [0.2, 0.25) is 0 Å². The highest BCUT2D eigenvalue weighted by Gasteiger charge is 2.50. The Labute approximate surface area is 122 Å². The molecule has 0 aromatic rings. The first-order valence-electron chi connectivity index (χ1n) is 7.26. The number of aliphatic hydroxyl groups is 1. The molecule has 0 bridgehead atoms. The van der Waals surface area contributed by atoms with Crippen molar-refractivity contribution in [1.29, 1.82) is 0 Å². The number of rotatable bonds is 3. The predicted octanol–water partition coefficient (Wildman–Crippen LogP) is 1.18. The first-order chi connectivity index (χ1) is 9.71. The number of carbonyl (C=O) groups excluding carboxylic acids is 1. The van der Waals surface area contributed by atoms with Crippen molar-refractivity contribution in [1.82, 2.24) is 15.1 Å². The number of carbonyl (C=O) groups is 1. The van der Waals surface area contributed by atoms with Gasteiger partial charge in [0, 0.05) is 38.8 Å². The van der Waals surface area contributed by atoms with Crippen LogP contribution in [0.4, 0.5) is 18.0 Å². The van der Waals surface area contributed by atoms with Gasteiger partial charge in [0.1, 0.15) is 0 Å². The summed E-state index contributed by atoms with van der Waals surface area (Å²) in [5.74, 6) is 0. The van der Waals surface area contributed by atoms with Crippen LogP contribution in [-0.4, -0.2) is 71.5 Å². The fourth-order valence-corrected chi connectivity index (χ4v) is 2.91. The fraction of sp³-hybridized carbons (Fsp3) is 0.923. The van der Waals surface area contributed by atoms with E-state index in [2.05, 4.69) is 5.32 Å². The molecule has 122 valence electrons. The Bertz CT molecular complexity index is 379. The van der Waals surface area contributed by atoms with E-state index in [0.717, 1.165) is 13.3 Å². The molecule has 2 saturated heterocycles. The van der Waals surface area contributed by atoms with Gasteiger partial charge in [-0.2, -0.15) is 13.2 Å². The third kappa shape index (κ3) is 3.79. The van der Waals surface area contributed by atoms with Crippen molar-refractivity contribution in [2.24, 2.45) is 0 Å². The number of alkyl halides is 3. The Balaban J connectivity index is 1.84. The lowest BCUT2D eigenvalue weighted by molar-refractivity contribution is -0.258. The summed E-state index contributed by atoms with van der Waals surface area (Å²) in [7, 11) is 0. The standard InChI is InChI=1S/C13H22F3N3O2/c1-12(21,13(14,15)16)9-18-7-3-10(4-8-18)19-6-2-5-17-11(19)20/h10,21H,2-9H2,1H3,(H,17,20)/t12-/m1/s1. The van der Waals surface area contributed by atoms with Gasteiger partial charge < -0.3 is 15.3 Å². The number of hydrogen-bond donors (Lipinski definition) is 2. The molecule has 0 spiro atoms. The molecule has 8 heteroatoms. The molecule has 0 unspecified atom stereocenters. The summed E-state index contributed by atoms with van der Waals surface area (Å²) < 4.78 is 38.0. The Morgan fingerprint density at radius 2 is 1.90 bits per heavy atom. The molecule has 2 heterocycles. The van der Waals surface area contributed by atoms with Gasteiger partial charge >= 0.3 is 12.2 Å². The third-order valence-electron chi connectivity index (χ3n) is 4.25. The maximum absolute atomic E-state index is 12.7. The number of β-amino-alcohol motifs (C(OH)–C–C–N with tert-alkyl or cyclic N) is 1. The van der Waals surface area contributed by atoms with E-state index in [-0.39, 0.29) is 12.1 Å². The van der Waals surface area contributed by atoms with Gasteiger partial charge in [-0.15, -0.1) is 0 Å². The highest BCUT2D eigenvalue weighted by atomic mass is 19.4. The van der Waals surface area contributed by atoms with Crippen molar-refractivity contribution in [3.63, 3.8) is 0 Å². The average Bonchev–Trinajstić information content (AvgIpc) is 2.39. The molecule has 2 aliphatic rings. The highest BCUT2D eigenvalue weighted by Crippen LogP contribution is 2.31. The summed E-state index contributed by atoms with van der Waals surface area (Å²) in [6.45, 7) is 2.69. The Kier molecular flexibility index (Phi) is 4.67. The number of amides is 2. The van der Waals surface area contributed by atoms with Gasteiger partial charge in [-0.1, -0.05) is 0 Å². The van der Waals surface area contributed by atoms with Crippen molar-refractivity contribution in [3.8, 4) is 0 Å². The smallest absolute Gasteiger partial charge is 0.380 e. The second kappa shape index (κ2) is 6.00. The summed E-state index contributed by atoms with van der Waals surface area (Å²) in [5.41, 5.74) is -2.69. The van der Waals surface area contributed by atoms with Crippen LogP contribution in [0.3, 0.4) is 0 Å². The molecule has 2 aliphatic heterocycles. The number of nitrogens with zero attached hydrogens (tertiary/aromatic N) is 2. The molecule has 2 amide bonds. The van der Waals surface area contributed by atoms with E-state index in [1.807, 2.05) is 0 Å². The molecule has 2 rings (SSSR count). The Morgan fingerprint density at radius 1 is 1.29 bits per heavy atom. The third-order valence-corrected chi connectivity index (χ3v) is 4.25. The van der Waals surface area contributed by atoms with Gasteiger partial charge in [-0.25, -0.2) is 4.79 Å². The van der Waals surface area contributed by atoms with Crippen LogP contribution in [0, 0.1) is 0 Å². The van der Waals surface area contributed by atoms with E-state index < -0.39 is 18.3 Å². The molecule has 0 aliphatic carbocycles. The first kappa shape index (κ1) is 16.4. The molecular formula is C13H22F3N3O2. The lowest BCUT2D eigenvalue weighted by Crippen LogP contribution is -2.57. The van der Waals surface area contributed by atoms with Crippen LogP contribution in [-0.2, 0) is 0 Å². The SMILES string of the molecule is C[C@@](O)(CN1CCC(N2CCCNC2=O)CC1)C(F)(F)F. The summed E-state index contributed by atoms with van der Waals surface area (Å²) in [6.07, 6.45) is -2.45. The van der Waals surface area contributed by atoms with Crippen LogP contribution in [0.5, 0.6) is 0 Å². The van der Waals surface area contributed by atoms with Gasteiger partial charge in [0.15, 0.2) is 5.60 Å². The van der Waals surface area contributed by atoms with E-state index in [1.54, 1.807) is 9.80 Å². The minimum atomic E-state index is -4.63. The van der Waals surface area contributed by atoms with E-state index in [0.29, 0.717) is 39.0 Å². The second-order valence-electron chi connectivity index (χ2n) is 6.06. The van der Waals surface area contributed by atoms with E-state index >= 15 is 0 Å². The van der Waals surface area contributed by atoms with Gasteiger partial charge in [-0.05, 0) is 26.2 Å². The van der Waals surface area contributed by atoms with E-state index in [9.17, 15) is 23.1 Å². The molecule has 21 heavy (non-hydrogen) atoms. The number of nitrogens with one attached hydrogen (secondary N) is 1.